The number of H-pyrrole nitrogens is 2. The molecule has 0 bridgehead atoms. The lowest BCUT2D eigenvalue weighted by Crippen LogP contribution is -2.26. The summed E-state index contributed by atoms with van der Waals surface area (Å²) in [5, 5.41) is 6.04. The van der Waals surface area contributed by atoms with E-state index in [-0.39, 0.29) is 18.2 Å². The lowest BCUT2D eigenvalue weighted by Gasteiger charge is -2.20. The van der Waals surface area contributed by atoms with Crippen LogP contribution in [0.3, 0.4) is 0 Å². The number of para-hydroxylation sites is 1. The number of rotatable bonds is 15. The Morgan fingerprint density at radius 3 is 2.15 bits per heavy atom. The molecule has 0 saturated carbocycles. The molecule has 2 heterocycles. The van der Waals surface area contributed by atoms with Crippen molar-refractivity contribution in [1.82, 2.24) is 35.5 Å². The average molecular weight is 556 g/mol. The van der Waals surface area contributed by atoms with Gasteiger partial charge in [-0.2, -0.15) is 0 Å². The van der Waals surface area contributed by atoms with Crippen LogP contribution >= 0.6 is 0 Å². The second-order valence-electron chi connectivity index (χ2n) is 9.21. The van der Waals surface area contributed by atoms with Gasteiger partial charge in [-0.25, -0.2) is 9.97 Å². The van der Waals surface area contributed by atoms with Gasteiger partial charge in [0, 0.05) is 55.5 Å². The quantitative estimate of drug-likeness (QED) is 0.160. The molecule has 0 aliphatic heterocycles. The molecule has 0 saturated heterocycles. The Morgan fingerprint density at radius 1 is 0.875 bits per heavy atom. The number of unbranched alkanes of at least 4 members (excludes halogenated alkanes) is 1. The van der Waals surface area contributed by atoms with Crippen molar-refractivity contribution >= 4 is 5.91 Å². The number of imidazole rings is 2. The van der Waals surface area contributed by atoms with Gasteiger partial charge >= 0.3 is 6.36 Å². The first-order chi connectivity index (χ1) is 19.4. The molecule has 2 aromatic carbocycles. The first-order valence-corrected chi connectivity index (χ1v) is 13.0. The van der Waals surface area contributed by atoms with Crippen LogP contribution in [0.1, 0.15) is 46.0 Å². The molecule has 0 spiro atoms. The van der Waals surface area contributed by atoms with Gasteiger partial charge in [0.25, 0.3) is 5.91 Å². The van der Waals surface area contributed by atoms with Crippen molar-refractivity contribution in [2.24, 2.45) is 0 Å². The number of hydrogen-bond acceptors (Lipinski definition) is 6. The van der Waals surface area contributed by atoms with Gasteiger partial charge in [0.15, 0.2) is 0 Å². The molecule has 4 rings (SSSR count). The van der Waals surface area contributed by atoms with Crippen LogP contribution in [-0.2, 0) is 26.2 Å². The van der Waals surface area contributed by atoms with E-state index in [1.54, 1.807) is 36.9 Å². The van der Waals surface area contributed by atoms with E-state index in [1.165, 1.54) is 12.1 Å². The summed E-state index contributed by atoms with van der Waals surface area (Å²) < 4.78 is 41.7. The molecule has 0 unspecified atom stereocenters. The zero-order valence-electron chi connectivity index (χ0n) is 21.9. The van der Waals surface area contributed by atoms with Crippen LogP contribution in [0.4, 0.5) is 13.2 Å². The molecule has 2 aromatic heterocycles. The highest BCUT2D eigenvalue weighted by Gasteiger charge is 2.31. The molecule has 1 amide bonds. The number of benzene rings is 2. The normalized spacial score (nSPS) is 11.6. The Balaban J connectivity index is 1.16. The van der Waals surface area contributed by atoms with Crippen molar-refractivity contribution in [2.75, 3.05) is 13.1 Å². The van der Waals surface area contributed by atoms with E-state index < -0.39 is 6.36 Å². The van der Waals surface area contributed by atoms with E-state index in [0.29, 0.717) is 43.9 Å². The van der Waals surface area contributed by atoms with Gasteiger partial charge in [-0.05, 0) is 43.1 Å². The monoisotopic (exact) mass is 555 g/mol. The maximum atomic E-state index is 12.6. The van der Waals surface area contributed by atoms with Gasteiger partial charge in [0.2, 0.25) is 0 Å². The standard InChI is InChI=1S/C28H32F3N7O2/c29-28(30,31)40-24-6-2-1-5-23(24)17-32-11-3-4-12-37-27(39)22-9-7-21(8-10-22)18-38(19-25-33-13-14-34-25)20-26-35-15-16-36-26/h1-2,5-10,13-16,32H,3-4,11-12,17-20H2,(H,33,34)(H,35,36)(H,37,39). The third kappa shape index (κ3) is 9.54. The van der Waals surface area contributed by atoms with Crippen LogP contribution in [0.25, 0.3) is 0 Å². The van der Waals surface area contributed by atoms with Crippen LogP contribution in [0.15, 0.2) is 73.3 Å². The molecular formula is C28H32F3N7O2. The molecule has 0 radical (unpaired) electrons. The van der Waals surface area contributed by atoms with E-state index in [4.69, 9.17) is 0 Å². The number of nitrogens with one attached hydrogen (secondary N) is 4. The summed E-state index contributed by atoms with van der Waals surface area (Å²) in [6, 6.07) is 13.6. The maximum absolute atomic E-state index is 12.6. The number of carbonyl (C=O) groups is 1. The van der Waals surface area contributed by atoms with Crippen molar-refractivity contribution < 1.29 is 22.7 Å². The fourth-order valence-electron chi connectivity index (χ4n) is 4.16. The number of aromatic amines is 2. The number of hydrogen-bond donors (Lipinski definition) is 4. The lowest BCUT2D eigenvalue weighted by molar-refractivity contribution is -0.274. The third-order valence-electron chi connectivity index (χ3n) is 6.06. The second kappa shape index (κ2) is 14.3. The summed E-state index contributed by atoms with van der Waals surface area (Å²) >= 11 is 0. The zero-order chi connectivity index (χ0) is 28.2. The van der Waals surface area contributed by atoms with Gasteiger partial charge < -0.3 is 25.3 Å². The number of carbonyl (C=O) groups excluding carboxylic acids is 1. The summed E-state index contributed by atoms with van der Waals surface area (Å²) in [6.45, 7) is 3.25. The van der Waals surface area contributed by atoms with Crippen molar-refractivity contribution in [2.45, 2.75) is 45.4 Å². The highest BCUT2D eigenvalue weighted by atomic mass is 19.4. The summed E-state index contributed by atoms with van der Waals surface area (Å²) in [6.07, 6.45) is 3.79. The Bertz CT molecular complexity index is 1260. The number of halogens is 3. The van der Waals surface area contributed by atoms with Crippen molar-refractivity contribution in [3.63, 3.8) is 0 Å². The molecule has 212 valence electrons. The first-order valence-electron chi connectivity index (χ1n) is 13.0. The van der Waals surface area contributed by atoms with Crippen LogP contribution in [-0.4, -0.2) is 50.2 Å². The van der Waals surface area contributed by atoms with Gasteiger partial charge in [-0.1, -0.05) is 30.3 Å². The van der Waals surface area contributed by atoms with E-state index in [2.05, 4.69) is 40.2 Å². The number of nitrogens with zero attached hydrogens (tertiary/aromatic N) is 3. The molecule has 0 aliphatic carbocycles. The predicted octanol–water partition coefficient (Wildman–Crippen LogP) is 4.53. The SMILES string of the molecule is O=C(NCCCCNCc1ccccc1OC(F)(F)F)c1ccc(CN(Cc2ncc[nH]2)Cc2ncc[nH]2)cc1. The van der Waals surface area contributed by atoms with Crippen LogP contribution in [0.2, 0.25) is 0 Å². The summed E-state index contributed by atoms with van der Waals surface area (Å²) in [4.78, 5) is 29.6. The Kier molecular flexibility index (Phi) is 10.3. The van der Waals surface area contributed by atoms with Crippen molar-refractivity contribution in [3.05, 3.63) is 102 Å². The molecule has 40 heavy (non-hydrogen) atoms. The van der Waals surface area contributed by atoms with E-state index >= 15 is 0 Å². The number of aromatic nitrogens is 4. The Hall–Kier alpha value is -4.16. The zero-order valence-corrected chi connectivity index (χ0v) is 21.9. The minimum atomic E-state index is -4.73. The number of alkyl halides is 3. The van der Waals surface area contributed by atoms with Crippen molar-refractivity contribution in [1.29, 1.82) is 0 Å². The fourth-order valence-corrected chi connectivity index (χ4v) is 4.16. The molecule has 0 aliphatic rings. The Morgan fingerprint density at radius 2 is 1.52 bits per heavy atom. The Labute approximate surface area is 230 Å². The molecule has 4 N–H and O–H groups in total. The molecular weight excluding hydrogens is 523 g/mol. The van der Waals surface area contributed by atoms with Gasteiger partial charge in [0.1, 0.15) is 17.4 Å². The van der Waals surface area contributed by atoms with E-state index in [0.717, 1.165) is 30.1 Å². The molecule has 9 nitrogen and oxygen atoms in total. The maximum Gasteiger partial charge on any atom is 0.573 e. The van der Waals surface area contributed by atoms with Crippen LogP contribution < -0.4 is 15.4 Å². The molecule has 12 heteroatoms. The second-order valence-corrected chi connectivity index (χ2v) is 9.21. The minimum absolute atomic E-state index is 0.152. The first kappa shape index (κ1) is 28.8. The van der Waals surface area contributed by atoms with Crippen LogP contribution in [0.5, 0.6) is 5.75 Å². The predicted molar refractivity (Wildman–Crippen MR) is 143 cm³/mol. The van der Waals surface area contributed by atoms with E-state index in [9.17, 15) is 18.0 Å². The summed E-state index contributed by atoms with van der Waals surface area (Å²) in [5.41, 5.74) is 2.07. The smallest absolute Gasteiger partial charge is 0.405 e. The largest absolute Gasteiger partial charge is 0.573 e. The summed E-state index contributed by atoms with van der Waals surface area (Å²) in [7, 11) is 0. The molecule has 0 atom stereocenters. The van der Waals surface area contributed by atoms with Gasteiger partial charge in [-0.15, -0.1) is 13.2 Å². The van der Waals surface area contributed by atoms with Gasteiger partial charge in [0.05, 0.1) is 13.1 Å². The average Bonchev–Trinajstić information content (AvgIpc) is 3.63. The fraction of sp³-hybridized carbons (Fsp3) is 0.321. The topological polar surface area (TPSA) is 111 Å². The van der Waals surface area contributed by atoms with E-state index in [1.807, 2.05) is 24.3 Å². The highest BCUT2D eigenvalue weighted by molar-refractivity contribution is 5.94. The van der Waals surface area contributed by atoms with Crippen molar-refractivity contribution in [3.8, 4) is 5.75 Å². The molecule has 0 fully saturated rings. The minimum Gasteiger partial charge on any atom is -0.405 e. The summed E-state index contributed by atoms with van der Waals surface area (Å²) in [5.74, 6) is 1.36. The number of amides is 1. The number of ether oxygens (including phenoxy) is 1. The lowest BCUT2D eigenvalue weighted by atomic mass is 10.1. The molecule has 4 aromatic rings. The highest BCUT2D eigenvalue weighted by Crippen LogP contribution is 2.26. The van der Waals surface area contributed by atoms with Gasteiger partial charge in [-0.3, -0.25) is 9.69 Å². The third-order valence-corrected chi connectivity index (χ3v) is 6.06. The van der Waals surface area contributed by atoms with Crippen LogP contribution in [0, 0.1) is 0 Å².